The molecular weight excluding hydrogens is 693 g/mol. The van der Waals surface area contributed by atoms with Gasteiger partial charge in [-0.2, -0.15) is 27.0 Å². The van der Waals surface area contributed by atoms with E-state index in [-0.39, 0.29) is 17.1 Å². The maximum Gasteiger partial charge on any atom is 2.00 e. The van der Waals surface area contributed by atoms with Crippen LogP contribution in [0.25, 0.3) is 5.41 Å². The Bertz CT molecular complexity index is 1730. The van der Waals surface area contributed by atoms with Crippen molar-refractivity contribution >= 4 is 45.4 Å². The molecule has 255 valence electrons. The zero-order valence-corrected chi connectivity index (χ0v) is 29.9. The molecule has 7 aromatic rings. The summed E-state index contributed by atoms with van der Waals surface area (Å²) in [5.74, 6) is 0. The van der Waals surface area contributed by atoms with Crippen molar-refractivity contribution in [2.45, 2.75) is 19.6 Å². The molecule has 0 aliphatic carbocycles. The summed E-state index contributed by atoms with van der Waals surface area (Å²) in [7, 11) is 0. The molecule has 0 spiro atoms. The molecule has 3 heterocycles. The Hall–Kier alpha value is -5.33. The Labute approximate surface area is 317 Å². The van der Waals surface area contributed by atoms with Gasteiger partial charge in [0.15, 0.2) is 0 Å². The number of pyridine rings is 3. The molecule has 0 saturated carbocycles. The number of aromatic nitrogens is 3. The van der Waals surface area contributed by atoms with Gasteiger partial charge in [-0.15, -0.1) is 0 Å². The minimum Gasteiger partial charge on any atom is -0.753 e. The maximum absolute atomic E-state index is 7.13. The fourth-order valence-corrected chi connectivity index (χ4v) is 6.45. The van der Waals surface area contributed by atoms with Gasteiger partial charge in [0, 0.05) is 38.2 Å². The zero-order chi connectivity index (χ0) is 34.7. The summed E-state index contributed by atoms with van der Waals surface area (Å²) in [5.41, 5.74) is 8.51. The molecule has 5 nitrogen and oxygen atoms in total. The number of rotatable bonds is 10. The second-order valence-electron chi connectivity index (χ2n) is 11.7. The first-order chi connectivity index (χ1) is 24.7. The number of nitrogens with zero attached hydrogens (tertiary/aromatic N) is 5. The topological polar surface area (TPSA) is 64.2 Å². The largest absolute Gasteiger partial charge is 2.00 e. The van der Waals surface area contributed by atoms with Gasteiger partial charge in [0.2, 0.25) is 0 Å². The molecule has 1 radical (unpaired) electrons. The van der Waals surface area contributed by atoms with Crippen molar-refractivity contribution in [1.82, 2.24) is 19.9 Å². The predicted octanol–water partition coefficient (Wildman–Crippen LogP) is 6.79. The Morgan fingerprint density at radius 3 is 0.882 bits per heavy atom. The van der Waals surface area contributed by atoms with Crippen LogP contribution in [0.3, 0.4) is 0 Å². The van der Waals surface area contributed by atoms with Crippen LogP contribution in [0.5, 0.6) is 0 Å². The summed E-state index contributed by atoms with van der Waals surface area (Å²) in [5, 5.41) is 8.47. The third-order valence-electron chi connectivity index (χ3n) is 8.53. The summed E-state index contributed by atoms with van der Waals surface area (Å²) in [6.07, 6.45) is 4.27. The Morgan fingerprint density at radius 1 is 0.431 bits per heavy atom. The summed E-state index contributed by atoms with van der Waals surface area (Å²) in [6.45, 7) is 2.32. The quantitative estimate of drug-likeness (QED) is 0.0882. The van der Waals surface area contributed by atoms with Crippen LogP contribution < -0.4 is 21.9 Å². The fraction of sp³-hybridized carbons (Fsp3) is 0.0698. The molecule has 0 atom stereocenters. The van der Waals surface area contributed by atoms with Gasteiger partial charge in [-0.25, -0.2) is 0 Å². The molecule has 0 N–H and O–H groups in total. The average Bonchev–Trinajstić information content (AvgIpc) is 3.19. The van der Waals surface area contributed by atoms with Crippen molar-refractivity contribution in [3.63, 3.8) is 0 Å². The summed E-state index contributed by atoms with van der Waals surface area (Å²) in [6, 6.07) is 61.5. The van der Waals surface area contributed by atoms with E-state index in [9.17, 15) is 0 Å². The van der Waals surface area contributed by atoms with E-state index in [2.05, 4.69) is 153 Å². The SMILES string of the molecule is [Cu+2].[N-]=C=S.c1ccc(CN(Cc2ccccn2)Cc2ccccn2)nc1.c1ccc([B-](c2ccccc2)(c2ccccc2)c2ccccc2)cc1. The minimum atomic E-state index is -1.22. The first-order valence-corrected chi connectivity index (χ1v) is 17.0. The molecule has 3 aromatic heterocycles. The second-order valence-corrected chi connectivity index (χ2v) is 11.9. The monoisotopic (exact) mass is 730 g/mol. The van der Waals surface area contributed by atoms with E-state index in [1.807, 2.05) is 73.2 Å². The van der Waals surface area contributed by atoms with Crippen molar-refractivity contribution in [3.05, 3.63) is 217 Å². The first-order valence-electron chi connectivity index (χ1n) is 16.5. The Morgan fingerprint density at radius 2 is 0.667 bits per heavy atom. The third-order valence-corrected chi connectivity index (χ3v) is 8.53. The summed E-state index contributed by atoms with van der Waals surface area (Å²) < 4.78 is 0. The van der Waals surface area contributed by atoms with E-state index in [1.165, 1.54) is 27.0 Å². The molecular formula is C43H38BCuN5S. The molecule has 0 aliphatic rings. The van der Waals surface area contributed by atoms with Gasteiger partial charge in [-0.05, 0) is 36.4 Å². The number of hydrogen-bond donors (Lipinski definition) is 0. The van der Waals surface area contributed by atoms with Gasteiger partial charge in [0.05, 0.1) is 17.1 Å². The van der Waals surface area contributed by atoms with Crippen LogP contribution >= 0.6 is 12.2 Å². The number of isothiocyanates is 1. The van der Waals surface area contributed by atoms with E-state index in [0.29, 0.717) is 0 Å². The zero-order valence-electron chi connectivity index (χ0n) is 28.1. The Balaban J connectivity index is 0.000000210. The first kappa shape index (κ1) is 38.5. The molecule has 0 fully saturated rings. The van der Waals surface area contributed by atoms with Crippen LogP contribution in [0.15, 0.2) is 195 Å². The summed E-state index contributed by atoms with van der Waals surface area (Å²) in [4.78, 5) is 15.6. The van der Waals surface area contributed by atoms with Gasteiger partial charge < -0.3 is 5.41 Å². The van der Waals surface area contributed by atoms with Crippen molar-refractivity contribution in [3.8, 4) is 0 Å². The molecule has 7 rings (SSSR count). The van der Waals surface area contributed by atoms with Crippen LogP contribution in [-0.4, -0.2) is 31.2 Å². The van der Waals surface area contributed by atoms with Crippen LogP contribution in [0.4, 0.5) is 0 Å². The number of hydrogen-bond acceptors (Lipinski definition) is 5. The van der Waals surface area contributed by atoms with Crippen LogP contribution in [-0.2, 0) is 36.7 Å². The van der Waals surface area contributed by atoms with E-state index < -0.39 is 6.15 Å². The smallest absolute Gasteiger partial charge is 0.753 e. The maximum atomic E-state index is 7.13. The standard InChI is InChI=1S/C24H20B.C18H18N4.CNS.Cu/c1-5-13-21(14-6-1)25(22-15-7-2-8-16-22,23-17-9-3-10-18-23)24-19-11-4-12-20-24;1-4-10-19-16(7-1)13-22(14-17-8-2-5-11-20-17)15-18-9-3-6-12-21-18;2-1-3;/h1-20H;1-12H,13-15H2;;/q-1;;-1;+2. The van der Waals surface area contributed by atoms with E-state index in [0.717, 1.165) is 36.7 Å². The average molecular weight is 731 g/mol. The van der Waals surface area contributed by atoms with E-state index in [1.54, 1.807) is 0 Å². The number of benzene rings is 4. The molecule has 0 aliphatic heterocycles. The normalized spacial score (nSPS) is 10.3. The van der Waals surface area contributed by atoms with Gasteiger partial charge >= 0.3 is 17.1 Å². The van der Waals surface area contributed by atoms with Crippen molar-refractivity contribution in [1.29, 1.82) is 0 Å². The van der Waals surface area contributed by atoms with Crippen LogP contribution in [0, 0.1) is 0 Å². The van der Waals surface area contributed by atoms with E-state index in [4.69, 9.17) is 5.41 Å². The molecule has 8 heteroatoms. The van der Waals surface area contributed by atoms with Gasteiger partial charge in [0.25, 0.3) is 0 Å². The van der Waals surface area contributed by atoms with Gasteiger partial charge in [-0.3, -0.25) is 19.9 Å². The fourth-order valence-electron chi connectivity index (χ4n) is 6.45. The second kappa shape index (κ2) is 21.0. The van der Waals surface area contributed by atoms with Crippen molar-refractivity contribution in [2.75, 3.05) is 0 Å². The van der Waals surface area contributed by atoms with Gasteiger partial charge in [-0.1, -0.05) is 152 Å². The predicted molar refractivity (Wildman–Crippen MR) is 212 cm³/mol. The number of thiocarbonyl (C=S) groups is 1. The van der Waals surface area contributed by atoms with Crippen molar-refractivity contribution in [2.24, 2.45) is 0 Å². The molecule has 0 bridgehead atoms. The van der Waals surface area contributed by atoms with Crippen LogP contribution in [0.2, 0.25) is 0 Å². The minimum absolute atomic E-state index is 0. The van der Waals surface area contributed by atoms with Crippen LogP contribution in [0.1, 0.15) is 17.1 Å². The van der Waals surface area contributed by atoms with Gasteiger partial charge in [0.1, 0.15) is 6.15 Å². The van der Waals surface area contributed by atoms with E-state index >= 15 is 0 Å². The molecule has 0 saturated heterocycles. The summed E-state index contributed by atoms with van der Waals surface area (Å²) >= 11 is 3.70. The third kappa shape index (κ3) is 10.8. The molecule has 4 aromatic carbocycles. The van der Waals surface area contributed by atoms with Crippen molar-refractivity contribution < 1.29 is 17.1 Å². The molecule has 0 amide bonds. The molecule has 51 heavy (non-hydrogen) atoms. The Kier molecular flexibility index (Phi) is 15.9. The molecule has 0 unspecified atom stereocenters.